The Balaban J connectivity index is 0.000000713. The average Bonchev–Trinajstić information content (AvgIpc) is 3.86. The van der Waals surface area contributed by atoms with E-state index < -0.39 is 0 Å². The number of halogens is 5. The maximum absolute atomic E-state index is 8.64. The molecule has 0 atom stereocenters. The molecular weight excluding hydrogens is 1040 g/mol. The van der Waals surface area contributed by atoms with Crippen molar-refractivity contribution >= 4 is 119 Å². The maximum atomic E-state index is 8.64. The molecule has 0 amide bonds. The summed E-state index contributed by atoms with van der Waals surface area (Å²) >= 11 is 19.3. The first-order valence-electron chi connectivity index (χ1n) is 15.5. The average molecular weight is 1080 g/mol. The second kappa shape index (κ2) is 24.1. The van der Waals surface area contributed by atoms with Crippen molar-refractivity contribution in [1.82, 2.24) is 39.1 Å². The van der Waals surface area contributed by atoms with Crippen LogP contribution in [0, 0.1) is 3.70 Å². The van der Waals surface area contributed by atoms with E-state index in [-0.39, 0.29) is 134 Å². The number of hydrogen-bond donors (Lipinski definition) is 0. The van der Waals surface area contributed by atoms with Crippen LogP contribution in [-0.2, 0) is 47.2 Å². The van der Waals surface area contributed by atoms with Gasteiger partial charge in [-0.15, -0.1) is 23.2 Å². The minimum atomic E-state index is -0.302. The summed E-state index contributed by atoms with van der Waals surface area (Å²) in [6.07, 6.45) is 7.51. The number of rotatable bonds is 3. The number of fused-ring (bicyclic) bond motifs is 2. The van der Waals surface area contributed by atoms with Crippen LogP contribution < -0.4 is 113 Å². The van der Waals surface area contributed by atoms with E-state index in [2.05, 4.69) is 104 Å². The van der Waals surface area contributed by atoms with Crippen LogP contribution in [0.15, 0.2) is 70.1 Å². The Hall–Kier alpha value is 0.758. The fourth-order valence-corrected chi connectivity index (χ4v) is 6.21. The molecule has 0 radical (unpaired) electrons. The van der Waals surface area contributed by atoms with Gasteiger partial charge in [-0.3, -0.25) is 23.5 Å². The molecule has 0 N–H and O–H groups in total. The van der Waals surface area contributed by atoms with Gasteiger partial charge in [-0.2, -0.15) is 20.4 Å². The summed E-state index contributed by atoms with van der Waals surface area (Å²) in [5, 5.41) is 27.9. The van der Waals surface area contributed by atoms with Crippen LogP contribution in [0.2, 0.25) is 0 Å². The SMILES string of the molecule is CC(Cl)Cl.Cn1cc(-c2nn(C)c3ccc(Br)cc23)cn1.Cn1cc(B2OC(C)(C)C(C)(C)O2)cn1.Cn1nc(I)c2cc(Br)ccc21.O=CO[O-].[H-].[K+].[K+]. The van der Waals surface area contributed by atoms with Gasteiger partial charge in [-0.05, 0) is 93.6 Å². The quantitative estimate of drug-likeness (QED) is 0.0629. The zero-order valence-corrected chi connectivity index (χ0v) is 45.1. The molecule has 282 valence electrons. The number of carbonyl (C=O) groups excluding carboxylic acids is 1. The molecule has 6 aromatic rings. The monoisotopic (exact) mass is 1070 g/mol. The third-order valence-corrected chi connectivity index (χ3v) is 9.63. The molecule has 1 aliphatic rings. The molecule has 1 aliphatic heterocycles. The number of alkyl halides is 2. The van der Waals surface area contributed by atoms with Gasteiger partial charge in [0.1, 0.15) is 14.2 Å². The number of aromatic nitrogens is 8. The van der Waals surface area contributed by atoms with E-state index >= 15 is 0 Å². The number of carbonyl (C=O) groups is 1. The predicted octanol–water partition coefficient (Wildman–Crippen LogP) is 0.761. The van der Waals surface area contributed by atoms with E-state index in [0.717, 1.165) is 40.3 Å². The topological polar surface area (TPSA) is 139 Å². The second-order valence-corrected chi connectivity index (χ2v) is 16.7. The number of aryl methyl sites for hydroxylation is 4. The zero-order valence-electron chi connectivity index (χ0n) is 33.0. The Morgan fingerprint density at radius 1 is 0.870 bits per heavy atom. The smallest absolute Gasteiger partial charge is 1.00 e. The van der Waals surface area contributed by atoms with E-state index in [1.54, 1.807) is 22.5 Å². The van der Waals surface area contributed by atoms with Crippen LogP contribution in [-0.4, -0.2) is 68.8 Å². The molecule has 0 saturated carbocycles. The van der Waals surface area contributed by atoms with Gasteiger partial charge < -0.3 is 20.9 Å². The third-order valence-electron chi connectivity index (χ3n) is 7.85. The van der Waals surface area contributed by atoms with Crippen molar-refractivity contribution < 1.29 is 128 Å². The Labute approximate surface area is 442 Å². The van der Waals surface area contributed by atoms with Crippen molar-refractivity contribution in [3.63, 3.8) is 0 Å². The molecule has 5 heterocycles. The van der Waals surface area contributed by atoms with Gasteiger partial charge >= 0.3 is 110 Å². The minimum Gasteiger partial charge on any atom is -1.00 e. The Kier molecular flexibility index (Phi) is 23.6. The van der Waals surface area contributed by atoms with Gasteiger partial charge in [0, 0.05) is 77.5 Å². The van der Waals surface area contributed by atoms with Gasteiger partial charge in [0.2, 0.25) is 0 Å². The molecule has 21 heteroatoms. The molecule has 13 nitrogen and oxygen atoms in total. The van der Waals surface area contributed by atoms with Crippen LogP contribution in [0.3, 0.4) is 0 Å². The summed E-state index contributed by atoms with van der Waals surface area (Å²) in [6.45, 7) is 9.70. The van der Waals surface area contributed by atoms with Gasteiger partial charge in [-0.25, -0.2) is 0 Å². The Morgan fingerprint density at radius 2 is 1.31 bits per heavy atom. The Morgan fingerprint density at radius 3 is 1.76 bits per heavy atom. The summed E-state index contributed by atoms with van der Waals surface area (Å²) in [5.41, 5.74) is 4.69. The van der Waals surface area contributed by atoms with Crippen LogP contribution >= 0.6 is 77.7 Å². The fraction of sp³-hybridized carbons (Fsp3) is 0.364. The summed E-state index contributed by atoms with van der Waals surface area (Å²) in [7, 11) is 7.40. The molecule has 0 spiro atoms. The van der Waals surface area contributed by atoms with E-state index in [0.29, 0.717) is 0 Å². The van der Waals surface area contributed by atoms with Crippen LogP contribution in [0.5, 0.6) is 0 Å². The predicted molar refractivity (Wildman–Crippen MR) is 220 cm³/mol. The van der Waals surface area contributed by atoms with Crippen LogP contribution in [0.25, 0.3) is 33.1 Å². The van der Waals surface area contributed by atoms with Gasteiger partial charge in [0.25, 0.3) is 6.47 Å². The summed E-state index contributed by atoms with van der Waals surface area (Å²) in [4.78, 5) is 11.0. The molecule has 0 aliphatic carbocycles. The molecule has 1 fully saturated rings. The third kappa shape index (κ3) is 15.1. The minimum absolute atomic E-state index is 0. The zero-order chi connectivity index (χ0) is 39.0. The van der Waals surface area contributed by atoms with Crippen LogP contribution in [0.4, 0.5) is 0 Å². The largest absolute Gasteiger partial charge is 1.00 e. The number of nitrogens with zero attached hydrogens (tertiary/aromatic N) is 8. The summed E-state index contributed by atoms with van der Waals surface area (Å²) in [5.74, 6) is 0. The fourth-order valence-electron chi connectivity index (χ4n) is 4.73. The van der Waals surface area contributed by atoms with Crippen molar-refractivity contribution in [3.05, 3.63) is 73.8 Å². The molecular formula is C33H40BBr2Cl2IK2N8O5. The van der Waals surface area contributed by atoms with E-state index in [4.69, 9.17) is 42.6 Å². The standard InChI is InChI=1S/C12H11BrN4.C10H17BN2O2.C8H6BrIN2.C2H4Cl2.CH2O3.2K.H/c1-16-7-8(6-14-16)12-10-5-9(13)3-4-11(10)17(2)15-12;1-9(2)10(3,4)15-11(14-9)8-6-12-13(5)7-8;1-12-7-3-2-5(9)4-6(7)8(10)11-12;1-2(3)4;2-1-4-3;;;/h3-7H,1-2H3;6-7H,1-5H3;2-4H,1H3;2H,1H3;1,3H;;;/q;;;;;2*+1;-1/p-1. The normalized spacial score (nSPS) is 13.5. The maximum Gasteiger partial charge on any atom is 1.00 e. The summed E-state index contributed by atoms with van der Waals surface area (Å²) < 4.78 is 22.3. The van der Waals surface area contributed by atoms with Crippen molar-refractivity contribution in [3.8, 4) is 11.3 Å². The first-order valence-corrected chi connectivity index (χ1v) is 19.1. The molecule has 2 aromatic carbocycles. The molecule has 7 rings (SSSR count). The van der Waals surface area contributed by atoms with E-state index in [1.165, 1.54) is 10.9 Å². The second-order valence-electron chi connectivity index (χ2n) is 12.4. The molecule has 54 heavy (non-hydrogen) atoms. The first-order chi connectivity index (χ1) is 24.3. The van der Waals surface area contributed by atoms with E-state index in [9.17, 15) is 0 Å². The number of hydrogen-bond acceptors (Lipinski definition) is 9. The molecule has 0 unspecified atom stereocenters. The van der Waals surface area contributed by atoms with Crippen LogP contribution in [0.1, 0.15) is 36.0 Å². The van der Waals surface area contributed by atoms with Crippen molar-refractivity contribution in [2.24, 2.45) is 28.2 Å². The molecule has 4 aromatic heterocycles. The van der Waals surface area contributed by atoms with Crippen molar-refractivity contribution in [2.75, 3.05) is 0 Å². The van der Waals surface area contributed by atoms with Crippen molar-refractivity contribution in [2.45, 2.75) is 50.7 Å². The summed E-state index contributed by atoms with van der Waals surface area (Å²) in [6, 6.07) is 12.4. The van der Waals surface area contributed by atoms with E-state index in [1.807, 2.05) is 96.0 Å². The van der Waals surface area contributed by atoms with Gasteiger partial charge in [0.05, 0.1) is 28.4 Å². The molecule has 0 bridgehead atoms. The van der Waals surface area contributed by atoms with Crippen molar-refractivity contribution in [1.29, 1.82) is 0 Å². The van der Waals surface area contributed by atoms with Gasteiger partial charge in [-0.1, -0.05) is 31.9 Å². The Bertz CT molecular complexity index is 2090. The molecule has 1 saturated heterocycles. The number of benzene rings is 2. The van der Waals surface area contributed by atoms with Gasteiger partial charge in [0.15, 0.2) is 0 Å². The first kappa shape index (κ1) is 52.8.